The van der Waals surface area contributed by atoms with Crippen molar-refractivity contribution in [1.29, 1.82) is 0 Å². The number of allylic oxidation sites excluding steroid dienone is 2. The number of halogens is 5. The van der Waals surface area contributed by atoms with Crippen LogP contribution in [-0.4, -0.2) is 26.1 Å². The number of anilines is 1. The van der Waals surface area contributed by atoms with Crippen LogP contribution in [-0.2, 0) is 12.6 Å². The quantitative estimate of drug-likeness (QED) is 0.291. The predicted molar refractivity (Wildman–Crippen MR) is 130 cm³/mol. The van der Waals surface area contributed by atoms with E-state index in [1.807, 2.05) is 27.7 Å². The van der Waals surface area contributed by atoms with E-state index in [1.165, 1.54) is 6.08 Å². The summed E-state index contributed by atoms with van der Waals surface area (Å²) in [4.78, 5) is 8.64. The molecule has 0 radical (unpaired) electrons. The second-order valence-electron chi connectivity index (χ2n) is 11.1. The summed E-state index contributed by atoms with van der Waals surface area (Å²) in [5, 5.41) is 25.3. The molecule has 0 bridgehead atoms. The van der Waals surface area contributed by atoms with Crippen molar-refractivity contribution in [3.05, 3.63) is 58.0 Å². The summed E-state index contributed by atoms with van der Waals surface area (Å²) >= 11 is 0. The van der Waals surface area contributed by atoms with Crippen molar-refractivity contribution in [2.24, 2.45) is 5.41 Å². The van der Waals surface area contributed by atoms with Gasteiger partial charge in [0, 0.05) is 35.9 Å². The molecule has 4 rings (SSSR count). The fourth-order valence-corrected chi connectivity index (χ4v) is 5.27. The minimum Gasteiger partial charge on any atom is -0.388 e. The maximum atomic E-state index is 14.0. The molecule has 0 aromatic carbocycles. The number of fused-ring (bicyclic) bond motifs is 1. The first kappa shape index (κ1) is 27.4. The zero-order valence-electron chi connectivity index (χ0n) is 21.3. The van der Waals surface area contributed by atoms with Crippen LogP contribution in [0.4, 0.5) is 27.8 Å². The van der Waals surface area contributed by atoms with Gasteiger partial charge in [0.1, 0.15) is 5.82 Å². The van der Waals surface area contributed by atoms with Gasteiger partial charge in [-0.25, -0.2) is 13.8 Å². The van der Waals surface area contributed by atoms with Crippen molar-refractivity contribution in [1.82, 2.24) is 9.97 Å². The molecule has 0 spiro atoms. The van der Waals surface area contributed by atoms with Crippen molar-refractivity contribution >= 4 is 11.4 Å². The van der Waals surface area contributed by atoms with Gasteiger partial charge in [-0.1, -0.05) is 33.8 Å². The van der Waals surface area contributed by atoms with Crippen LogP contribution in [0.25, 0.3) is 5.57 Å². The van der Waals surface area contributed by atoms with Crippen molar-refractivity contribution in [3.8, 4) is 0 Å². The van der Waals surface area contributed by atoms with Crippen molar-refractivity contribution < 1.29 is 32.2 Å². The second-order valence-corrected chi connectivity index (χ2v) is 11.1. The van der Waals surface area contributed by atoms with Gasteiger partial charge in [-0.2, -0.15) is 13.2 Å². The van der Waals surface area contributed by atoms with Crippen molar-refractivity contribution in [2.75, 3.05) is 5.32 Å². The van der Waals surface area contributed by atoms with Gasteiger partial charge in [-0.3, -0.25) is 4.98 Å². The minimum atomic E-state index is -4.55. The number of nitrogens with zero attached hydrogens (tertiary/aromatic N) is 2. The number of hydrogen-bond donors (Lipinski definition) is 3. The molecule has 10 heteroatoms. The lowest BCUT2D eigenvalue weighted by molar-refractivity contribution is -0.137. The van der Waals surface area contributed by atoms with Gasteiger partial charge in [-0.05, 0) is 53.9 Å². The Morgan fingerprint density at radius 1 is 1.16 bits per heavy atom. The van der Waals surface area contributed by atoms with Gasteiger partial charge in [0.15, 0.2) is 6.23 Å². The van der Waals surface area contributed by atoms with Crippen LogP contribution in [0.3, 0.4) is 0 Å². The van der Waals surface area contributed by atoms with Gasteiger partial charge < -0.3 is 15.5 Å². The minimum absolute atomic E-state index is 0.00437. The Labute approximate surface area is 212 Å². The Morgan fingerprint density at radius 2 is 1.86 bits per heavy atom. The number of rotatable bonds is 5. The summed E-state index contributed by atoms with van der Waals surface area (Å²) in [5.41, 5.74) is 1.99. The molecule has 2 aromatic rings. The van der Waals surface area contributed by atoms with Crippen LogP contribution in [0.1, 0.15) is 105 Å². The molecule has 37 heavy (non-hydrogen) atoms. The van der Waals surface area contributed by atoms with E-state index in [2.05, 4.69) is 10.3 Å². The topological polar surface area (TPSA) is 78.3 Å². The molecular weight excluding hydrogens is 493 g/mol. The molecule has 1 unspecified atom stereocenters. The van der Waals surface area contributed by atoms with Gasteiger partial charge in [0.2, 0.25) is 0 Å². The number of aliphatic hydroxyl groups excluding tert-OH is 2. The standard InChI is InChI=1S/C27H32F5N3O2/c1-14(2)23-22(24(37)35-19-6-5-16(13-33-19)27(30,31)32)20(15-7-9-26(28,29)10-8-15)21-17(34-23)11-25(3,4)12-18(21)36/h5-7,13-14,18,24,36-37H,8-12H2,1-4H3,(H,33,35)/t18?,24-/m1/s1. The maximum Gasteiger partial charge on any atom is 0.417 e. The average molecular weight is 526 g/mol. The number of aromatic nitrogens is 2. The van der Waals surface area contributed by atoms with E-state index in [4.69, 9.17) is 4.98 Å². The Bertz CT molecular complexity index is 1190. The lowest BCUT2D eigenvalue weighted by atomic mass is 9.71. The highest BCUT2D eigenvalue weighted by atomic mass is 19.4. The molecule has 2 aliphatic rings. The molecule has 0 aliphatic heterocycles. The Balaban J connectivity index is 1.86. The first-order valence-electron chi connectivity index (χ1n) is 12.4. The summed E-state index contributed by atoms with van der Waals surface area (Å²) in [6, 6.07) is 1.97. The normalized spacial score (nSPS) is 21.8. The number of pyridine rings is 2. The molecular formula is C27H32F5N3O2. The SMILES string of the molecule is CC(C)c1nc2c(c(C3=CCC(F)(F)CC3)c1[C@@H](O)Nc1ccc(C(F)(F)F)cn1)C(O)CC(C)(C)C2. The first-order chi connectivity index (χ1) is 17.1. The maximum absolute atomic E-state index is 14.0. The van der Waals surface area contributed by atoms with Crippen LogP contribution < -0.4 is 5.32 Å². The molecule has 202 valence electrons. The summed E-state index contributed by atoms with van der Waals surface area (Å²) < 4.78 is 66.9. The Kier molecular flexibility index (Phi) is 7.13. The lowest BCUT2D eigenvalue weighted by Gasteiger charge is -2.38. The number of hydrogen-bond acceptors (Lipinski definition) is 5. The molecule has 2 aliphatic carbocycles. The van der Waals surface area contributed by atoms with Gasteiger partial charge >= 0.3 is 6.18 Å². The zero-order chi connectivity index (χ0) is 27.3. The van der Waals surface area contributed by atoms with Crippen LogP contribution in [0.15, 0.2) is 24.4 Å². The average Bonchev–Trinajstić information content (AvgIpc) is 2.76. The van der Waals surface area contributed by atoms with E-state index < -0.39 is 36.4 Å². The van der Waals surface area contributed by atoms with Crippen LogP contribution in [0.2, 0.25) is 0 Å². The highest BCUT2D eigenvalue weighted by molar-refractivity contribution is 5.75. The van der Waals surface area contributed by atoms with Crippen LogP contribution in [0.5, 0.6) is 0 Å². The summed E-state index contributed by atoms with van der Waals surface area (Å²) in [5.74, 6) is -3.01. The monoisotopic (exact) mass is 525 g/mol. The largest absolute Gasteiger partial charge is 0.417 e. The van der Waals surface area contributed by atoms with Gasteiger partial charge in [-0.15, -0.1) is 0 Å². The van der Waals surface area contributed by atoms with E-state index in [0.717, 1.165) is 12.1 Å². The summed E-state index contributed by atoms with van der Waals surface area (Å²) in [7, 11) is 0. The molecule has 2 aromatic heterocycles. The van der Waals surface area contributed by atoms with E-state index in [1.54, 1.807) is 0 Å². The van der Waals surface area contributed by atoms with Crippen LogP contribution >= 0.6 is 0 Å². The fourth-order valence-electron chi connectivity index (χ4n) is 5.27. The zero-order valence-corrected chi connectivity index (χ0v) is 21.3. The number of nitrogens with one attached hydrogen (secondary N) is 1. The third-order valence-electron chi connectivity index (χ3n) is 7.03. The Morgan fingerprint density at radius 3 is 2.41 bits per heavy atom. The van der Waals surface area contributed by atoms with E-state index in [-0.39, 0.29) is 30.0 Å². The molecule has 2 heterocycles. The lowest BCUT2D eigenvalue weighted by Crippen LogP contribution is -2.30. The van der Waals surface area contributed by atoms with E-state index >= 15 is 0 Å². The smallest absolute Gasteiger partial charge is 0.388 e. The highest BCUT2D eigenvalue weighted by Gasteiger charge is 2.40. The number of alkyl halides is 5. The first-order valence-corrected chi connectivity index (χ1v) is 12.4. The van der Waals surface area contributed by atoms with Crippen molar-refractivity contribution in [3.63, 3.8) is 0 Å². The van der Waals surface area contributed by atoms with Gasteiger partial charge in [0.25, 0.3) is 5.92 Å². The third kappa shape index (κ3) is 5.80. The number of aliphatic hydroxyl groups is 2. The second kappa shape index (κ2) is 9.62. The van der Waals surface area contributed by atoms with Crippen molar-refractivity contribution in [2.45, 2.75) is 90.1 Å². The molecule has 0 saturated heterocycles. The molecule has 5 nitrogen and oxygen atoms in total. The molecule has 0 amide bonds. The molecule has 3 N–H and O–H groups in total. The third-order valence-corrected chi connectivity index (χ3v) is 7.03. The van der Waals surface area contributed by atoms with Crippen LogP contribution in [0, 0.1) is 5.41 Å². The van der Waals surface area contributed by atoms with E-state index in [9.17, 15) is 32.2 Å². The Hall–Kier alpha value is -2.59. The highest BCUT2D eigenvalue weighted by Crippen LogP contribution is 2.48. The van der Waals surface area contributed by atoms with Gasteiger partial charge in [0.05, 0.1) is 17.4 Å². The predicted octanol–water partition coefficient (Wildman–Crippen LogP) is 6.93. The summed E-state index contributed by atoms with van der Waals surface area (Å²) in [6.45, 7) is 7.82. The molecule has 2 atom stereocenters. The fraction of sp³-hybridized carbons (Fsp3) is 0.556. The van der Waals surface area contributed by atoms with E-state index in [0.29, 0.717) is 52.7 Å². The molecule has 0 fully saturated rings. The molecule has 0 saturated carbocycles. The summed E-state index contributed by atoms with van der Waals surface area (Å²) in [6.07, 6.45) is -4.56.